The Morgan fingerprint density at radius 1 is 1.53 bits per heavy atom. The van der Waals surface area contributed by atoms with Crippen LogP contribution in [-0.4, -0.2) is 32.4 Å². The van der Waals surface area contributed by atoms with E-state index >= 15 is 0 Å². The predicted octanol–water partition coefficient (Wildman–Crippen LogP) is 1.94. The lowest BCUT2D eigenvalue weighted by atomic mass is 10.4. The number of esters is 1. The Balaban J connectivity index is 2.48. The summed E-state index contributed by atoms with van der Waals surface area (Å²) in [6.45, 7) is 4.25. The van der Waals surface area contributed by atoms with Gasteiger partial charge < -0.3 is 9.30 Å². The van der Waals surface area contributed by atoms with Gasteiger partial charge in [0.15, 0.2) is 5.65 Å². The molecule has 0 spiro atoms. The van der Waals surface area contributed by atoms with Crippen molar-refractivity contribution in [3.8, 4) is 0 Å². The predicted molar refractivity (Wildman–Crippen MR) is 72.1 cm³/mol. The maximum Gasteiger partial charge on any atom is 0.307 e. The largest absolute Gasteiger partial charge is 0.469 e. The van der Waals surface area contributed by atoms with Crippen molar-refractivity contribution < 1.29 is 9.53 Å². The SMILES string of the molecule is COC(=O)CCn1c(C(C)Cl)nc2c(C)nn(C)c21. The van der Waals surface area contributed by atoms with Crippen molar-refractivity contribution in [2.75, 3.05) is 7.11 Å². The fourth-order valence-electron chi connectivity index (χ4n) is 2.18. The third-order valence-corrected chi connectivity index (χ3v) is 3.24. The number of carbonyl (C=O) groups is 1. The van der Waals surface area contributed by atoms with Crippen molar-refractivity contribution in [2.24, 2.45) is 7.05 Å². The number of hydrogen-bond donors (Lipinski definition) is 0. The van der Waals surface area contributed by atoms with Crippen molar-refractivity contribution in [1.82, 2.24) is 19.3 Å². The molecule has 2 heterocycles. The number of aromatic nitrogens is 4. The minimum atomic E-state index is -0.256. The lowest BCUT2D eigenvalue weighted by Gasteiger charge is -2.10. The van der Waals surface area contributed by atoms with Gasteiger partial charge in [0, 0.05) is 13.6 Å². The van der Waals surface area contributed by atoms with E-state index in [1.54, 1.807) is 4.68 Å². The highest BCUT2D eigenvalue weighted by atomic mass is 35.5. The maximum atomic E-state index is 11.3. The van der Waals surface area contributed by atoms with Gasteiger partial charge in [-0.2, -0.15) is 5.10 Å². The van der Waals surface area contributed by atoms with Crippen LogP contribution < -0.4 is 0 Å². The summed E-state index contributed by atoms with van der Waals surface area (Å²) >= 11 is 6.16. The van der Waals surface area contributed by atoms with Gasteiger partial charge >= 0.3 is 5.97 Å². The molecule has 19 heavy (non-hydrogen) atoms. The number of imidazole rings is 1. The van der Waals surface area contributed by atoms with E-state index in [4.69, 9.17) is 11.6 Å². The van der Waals surface area contributed by atoms with Crippen molar-refractivity contribution in [1.29, 1.82) is 0 Å². The summed E-state index contributed by atoms with van der Waals surface area (Å²) in [4.78, 5) is 15.8. The topological polar surface area (TPSA) is 61.9 Å². The number of nitrogens with zero attached hydrogens (tertiary/aromatic N) is 4. The number of carbonyl (C=O) groups excluding carboxylic acids is 1. The van der Waals surface area contributed by atoms with E-state index in [1.165, 1.54) is 7.11 Å². The van der Waals surface area contributed by atoms with Crippen LogP contribution in [0.2, 0.25) is 0 Å². The zero-order valence-corrected chi connectivity index (χ0v) is 12.2. The lowest BCUT2D eigenvalue weighted by Crippen LogP contribution is -2.12. The summed E-state index contributed by atoms with van der Waals surface area (Å²) in [5, 5.41) is 4.10. The Morgan fingerprint density at radius 3 is 2.79 bits per heavy atom. The molecule has 1 unspecified atom stereocenters. The second-order valence-corrected chi connectivity index (χ2v) is 5.10. The van der Waals surface area contributed by atoms with Gasteiger partial charge in [-0.1, -0.05) is 0 Å². The second-order valence-electron chi connectivity index (χ2n) is 4.45. The van der Waals surface area contributed by atoms with Crippen LogP contribution in [0.1, 0.15) is 30.2 Å². The highest BCUT2D eigenvalue weighted by Gasteiger charge is 2.20. The van der Waals surface area contributed by atoms with E-state index in [0.29, 0.717) is 6.54 Å². The van der Waals surface area contributed by atoms with Gasteiger partial charge in [0.1, 0.15) is 11.3 Å². The molecule has 0 fully saturated rings. The van der Waals surface area contributed by atoms with Crippen LogP contribution in [0.5, 0.6) is 0 Å². The van der Waals surface area contributed by atoms with Gasteiger partial charge in [-0.25, -0.2) is 4.98 Å². The molecule has 0 saturated carbocycles. The molecule has 7 heteroatoms. The average Bonchev–Trinajstić information content (AvgIpc) is 2.86. The van der Waals surface area contributed by atoms with Crippen LogP contribution in [0, 0.1) is 6.92 Å². The number of aryl methyl sites for hydroxylation is 3. The summed E-state index contributed by atoms with van der Waals surface area (Å²) in [5.74, 6) is 0.491. The van der Waals surface area contributed by atoms with Gasteiger partial charge in [0.2, 0.25) is 0 Å². The molecule has 1 atom stereocenters. The number of hydrogen-bond acceptors (Lipinski definition) is 4. The number of rotatable bonds is 4. The van der Waals surface area contributed by atoms with Crippen LogP contribution in [0.25, 0.3) is 11.2 Å². The minimum absolute atomic E-state index is 0.232. The van der Waals surface area contributed by atoms with Crippen molar-refractivity contribution >= 4 is 28.7 Å². The van der Waals surface area contributed by atoms with Crippen molar-refractivity contribution in [3.63, 3.8) is 0 Å². The van der Waals surface area contributed by atoms with Crippen LogP contribution >= 0.6 is 11.6 Å². The van der Waals surface area contributed by atoms with Crippen LogP contribution in [0.4, 0.5) is 0 Å². The number of fused-ring (bicyclic) bond motifs is 1. The average molecular weight is 285 g/mol. The van der Waals surface area contributed by atoms with E-state index < -0.39 is 0 Å². The first-order valence-electron chi connectivity index (χ1n) is 6.06. The molecular formula is C12H17ClN4O2. The number of ether oxygens (including phenoxy) is 1. The molecule has 0 bridgehead atoms. The normalized spacial score (nSPS) is 12.9. The van der Waals surface area contributed by atoms with Gasteiger partial charge in [-0.3, -0.25) is 9.48 Å². The monoisotopic (exact) mass is 284 g/mol. The fourth-order valence-corrected chi connectivity index (χ4v) is 2.35. The molecule has 0 amide bonds. The molecule has 0 aromatic carbocycles. The number of methoxy groups -OCH3 is 1. The summed E-state index contributed by atoms with van der Waals surface area (Å²) < 4.78 is 8.36. The van der Waals surface area contributed by atoms with E-state index in [0.717, 1.165) is 22.7 Å². The molecular weight excluding hydrogens is 268 g/mol. The second kappa shape index (κ2) is 5.21. The van der Waals surface area contributed by atoms with Gasteiger partial charge in [-0.05, 0) is 13.8 Å². The Morgan fingerprint density at radius 2 is 2.21 bits per heavy atom. The highest BCUT2D eigenvalue weighted by molar-refractivity contribution is 6.20. The smallest absolute Gasteiger partial charge is 0.307 e. The van der Waals surface area contributed by atoms with E-state index in [-0.39, 0.29) is 17.8 Å². The molecule has 0 radical (unpaired) electrons. The van der Waals surface area contributed by atoms with Gasteiger partial charge in [0.05, 0.1) is 24.6 Å². The Hall–Kier alpha value is -1.56. The molecule has 0 aliphatic rings. The van der Waals surface area contributed by atoms with Gasteiger partial charge in [0.25, 0.3) is 0 Å². The zero-order valence-electron chi connectivity index (χ0n) is 11.5. The van der Waals surface area contributed by atoms with E-state index in [2.05, 4.69) is 14.8 Å². The molecule has 0 aliphatic heterocycles. The molecule has 0 N–H and O–H groups in total. The molecule has 2 aromatic rings. The minimum Gasteiger partial charge on any atom is -0.469 e. The van der Waals surface area contributed by atoms with Crippen molar-refractivity contribution in [3.05, 3.63) is 11.5 Å². The standard InChI is InChI=1S/C12H17ClN4O2/c1-7(13)11-14-10-8(2)15-16(3)12(10)17(11)6-5-9(18)19-4/h7H,5-6H2,1-4H3. The quantitative estimate of drug-likeness (QED) is 0.636. The van der Waals surface area contributed by atoms with Crippen LogP contribution in [-0.2, 0) is 23.1 Å². The Kier molecular flexibility index (Phi) is 3.80. The summed E-state index contributed by atoms with van der Waals surface area (Å²) in [6.07, 6.45) is 0.281. The summed E-state index contributed by atoms with van der Waals surface area (Å²) in [5.41, 5.74) is 2.56. The first-order chi connectivity index (χ1) is 8.95. The molecule has 6 nitrogen and oxygen atoms in total. The first-order valence-corrected chi connectivity index (χ1v) is 6.50. The molecule has 2 aromatic heterocycles. The molecule has 0 aliphatic carbocycles. The Bertz CT molecular complexity index is 615. The lowest BCUT2D eigenvalue weighted by molar-refractivity contribution is -0.140. The van der Waals surface area contributed by atoms with Gasteiger partial charge in [-0.15, -0.1) is 11.6 Å². The third-order valence-electron chi connectivity index (χ3n) is 3.04. The molecule has 0 saturated heterocycles. The fraction of sp³-hybridized carbons (Fsp3) is 0.583. The highest BCUT2D eigenvalue weighted by Crippen LogP contribution is 2.26. The first kappa shape index (κ1) is 13.9. The summed E-state index contributed by atoms with van der Waals surface area (Å²) in [6, 6.07) is 0. The zero-order chi connectivity index (χ0) is 14.2. The third kappa shape index (κ3) is 2.45. The number of halogens is 1. The van der Waals surface area contributed by atoms with Crippen LogP contribution in [0.3, 0.4) is 0 Å². The maximum absolute atomic E-state index is 11.3. The Labute approximate surface area is 116 Å². The van der Waals surface area contributed by atoms with Crippen molar-refractivity contribution in [2.45, 2.75) is 32.2 Å². The van der Waals surface area contributed by atoms with E-state index in [9.17, 15) is 4.79 Å². The number of alkyl halides is 1. The molecule has 104 valence electrons. The molecule has 2 rings (SSSR count). The van der Waals surface area contributed by atoms with E-state index in [1.807, 2.05) is 25.5 Å². The summed E-state index contributed by atoms with van der Waals surface area (Å²) in [7, 11) is 3.24. The van der Waals surface area contributed by atoms with Crippen LogP contribution in [0.15, 0.2) is 0 Å².